The second kappa shape index (κ2) is 8.67. The second-order valence-corrected chi connectivity index (χ2v) is 5.98. The van der Waals surface area contributed by atoms with Crippen molar-refractivity contribution in [3.05, 3.63) is 0 Å². The smallest absolute Gasteiger partial charge is 0.403 e. The van der Waals surface area contributed by atoms with Crippen LogP contribution in [0.15, 0.2) is 0 Å². The highest BCUT2D eigenvalue weighted by Gasteiger charge is 2.27. The molecule has 0 fully saturated rings. The lowest BCUT2D eigenvalue weighted by Crippen LogP contribution is -2.34. The van der Waals surface area contributed by atoms with Gasteiger partial charge in [0.05, 0.1) is 13.2 Å². The van der Waals surface area contributed by atoms with Gasteiger partial charge < -0.3 is 9.47 Å². The van der Waals surface area contributed by atoms with Gasteiger partial charge in [0, 0.05) is 36.0 Å². The van der Waals surface area contributed by atoms with Crippen LogP contribution in [0.2, 0.25) is 0 Å². The molecule has 0 saturated carbocycles. The Kier molecular flexibility index (Phi) is 8.42. The van der Waals surface area contributed by atoms with E-state index in [1.807, 2.05) is 0 Å². The molecule has 20 heavy (non-hydrogen) atoms. The molecule has 0 unspecified atom stereocenters. The molecule has 0 aliphatic heterocycles. The van der Waals surface area contributed by atoms with Crippen molar-refractivity contribution >= 4 is 34.1 Å². The van der Waals surface area contributed by atoms with Crippen LogP contribution in [0.5, 0.6) is 0 Å². The van der Waals surface area contributed by atoms with E-state index < -0.39 is 22.1 Å². The van der Waals surface area contributed by atoms with Gasteiger partial charge in [0.1, 0.15) is 11.2 Å². The number of carbonyl (C=O) groups is 2. The first kappa shape index (κ1) is 19.4. The molecule has 0 N–H and O–H groups in total. The fraction of sp³-hybridized carbons (Fsp3) is 0.833. The monoisotopic (exact) mass is 330 g/mol. The molecule has 0 aromatic heterocycles. The summed E-state index contributed by atoms with van der Waals surface area (Å²) in [5, 5.41) is 0. The Hall–Kier alpha value is -0.560. The van der Waals surface area contributed by atoms with E-state index in [0.717, 1.165) is 0 Å². The number of halogens is 2. The first-order valence-electron chi connectivity index (χ1n) is 6.05. The van der Waals surface area contributed by atoms with Gasteiger partial charge in [-0.1, -0.05) is 0 Å². The quantitative estimate of drug-likeness (QED) is 0.361. The molecule has 0 spiro atoms. The molecule has 0 rings (SSSR count). The lowest BCUT2D eigenvalue weighted by Gasteiger charge is -2.30. The third-order valence-electron chi connectivity index (χ3n) is 2.33. The SMILES string of the molecule is CC(C)(CCOC(=O)Cl)OOC(C)(C)CCOC(=O)Cl. The molecule has 8 heteroatoms. The molecule has 0 heterocycles. The van der Waals surface area contributed by atoms with Crippen molar-refractivity contribution in [3.63, 3.8) is 0 Å². The van der Waals surface area contributed by atoms with Crippen molar-refractivity contribution in [3.8, 4) is 0 Å². The molecule has 118 valence electrons. The zero-order valence-corrected chi connectivity index (χ0v) is 13.5. The number of hydrogen-bond acceptors (Lipinski definition) is 6. The largest absolute Gasteiger partial charge is 0.454 e. The topological polar surface area (TPSA) is 71.1 Å². The van der Waals surface area contributed by atoms with E-state index in [0.29, 0.717) is 12.8 Å². The lowest BCUT2D eigenvalue weighted by molar-refractivity contribution is -0.403. The van der Waals surface area contributed by atoms with Crippen molar-refractivity contribution in [2.45, 2.75) is 51.7 Å². The molecular weight excluding hydrogens is 311 g/mol. The van der Waals surface area contributed by atoms with Crippen LogP contribution >= 0.6 is 23.2 Å². The van der Waals surface area contributed by atoms with E-state index in [4.69, 9.17) is 33.0 Å². The Morgan fingerprint density at radius 1 is 0.800 bits per heavy atom. The Bertz CT molecular complexity index is 298. The van der Waals surface area contributed by atoms with Crippen molar-refractivity contribution in [2.75, 3.05) is 13.2 Å². The van der Waals surface area contributed by atoms with Crippen LogP contribution in [0.4, 0.5) is 9.59 Å². The summed E-state index contributed by atoms with van der Waals surface area (Å²) in [4.78, 5) is 31.5. The molecule has 0 bridgehead atoms. The van der Waals surface area contributed by atoms with Gasteiger partial charge in [-0.15, -0.1) is 0 Å². The zero-order valence-electron chi connectivity index (χ0n) is 12.0. The molecule has 0 atom stereocenters. The third kappa shape index (κ3) is 11.3. The summed E-state index contributed by atoms with van der Waals surface area (Å²) in [5.74, 6) is 0. The zero-order chi connectivity index (χ0) is 15.8. The minimum absolute atomic E-state index is 0.128. The van der Waals surface area contributed by atoms with E-state index in [9.17, 15) is 9.59 Å². The van der Waals surface area contributed by atoms with E-state index >= 15 is 0 Å². The van der Waals surface area contributed by atoms with Crippen LogP contribution in [-0.4, -0.2) is 35.3 Å². The van der Waals surface area contributed by atoms with Gasteiger partial charge in [-0.2, -0.15) is 0 Å². The van der Waals surface area contributed by atoms with E-state index in [1.54, 1.807) is 27.7 Å². The van der Waals surface area contributed by atoms with Crippen LogP contribution in [0.25, 0.3) is 0 Å². The van der Waals surface area contributed by atoms with Crippen LogP contribution in [0, 0.1) is 0 Å². The molecular formula is C12H20Cl2O6. The highest BCUT2D eigenvalue weighted by atomic mass is 35.5. The predicted octanol–water partition coefficient (Wildman–Crippen LogP) is 4.02. The summed E-state index contributed by atoms with van der Waals surface area (Å²) in [6.07, 6.45) is 0.830. The van der Waals surface area contributed by atoms with Gasteiger partial charge in [-0.3, -0.25) is 0 Å². The first-order valence-corrected chi connectivity index (χ1v) is 6.81. The molecule has 0 aromatic rings. The summed E-state index contributed by atoms with van der Waals surface area (Å²) < 4.78 is 9.24. The van der Waals surface area contributed by atoms with Crippen LogP contribution in [0.1, 0.15) is 40.5 Å². The molecule has 6 nitrogen and oxygen atoms in total. The van der Waals surface area contributed by atoms with E-state index in [2.05, 4.69) is 9.47 Å². The number of carbonyl (C=O) groups excluding carboxylic acids is 2. The van der Waals surface area contributed by atoms with Gasteiger partial charge in [-0.25, -0.2) is 19.4 Å². The first-order chi connectivity index (χ1) is 9.04. The summed E-state index contributed by atoms with van der Waals surface area (Å²) >= 11 is 10.1. The second-order valence-electron chi connectivity index (χ2n) is 5.36. The lowest BCUT2D eigenvalue weighted by atomic mass is 10.1. The van der Waals surface area contributed by atoms with Crippen molar-refractivity contribution < 1.29 is 28.8 Å². The maximum absolute atomic E-state index is 10.4. The number of ether oxygens (including phenoxy) is 2. The van der Waals surface area contributed by atoms with Crippen LogP contribution in [0.3, 0.4) is 0 Å². The highest BCUT2D eigenvalue weighted by molar-refractivity contribution is 6.61. The molecule has 0 aromatic carbocycles. The minimum atomic E-state index is -0.857. The molecule has 0 aliphatic rings. The average molecular weight is 331 g/mol. The normalized spacial score (nSPS) is 12.1. The van der Waals surface area contributed by atoms with Gasteiger partial charge in [0.15, 0.2) is 0 Å². The standard InChI is InChI=1S/C12H20Cl2O6/c1-11(2,5-7-17-9(13)15)19-20-12(3,4)6-8-18-10(14)16/h5-8H2,1-4H3. The van der Waals surface area contributed by atoms with Gasteiger partial charge in [-0.05, 0) is 27.7 Å². The molecule has 0 aliphatic carbocycles. The van der Waals surface area contributed by atoms with Crippen molar-refractivity contribution in [1.82, 2.24) is 0 Å². The third-order valence-corrected chi connectivity index (χ3v) is 2.55. The fourth-order valence-corrected chi connectivity index (χ4v) is 1.22. The summed E-state index contributed by atoms with van der Waals surface area (Å²) in [5.41, 5.74) is -3.03. The maximum atomic E-state index is 10.4. The Morgan fingerprint density at radius 3 is 1.35 bits per heavy atom. The minimum Gasteiger partial charge on any atom is -0.454 e. The molecule has 0 amide bonds. The van der Waals surface area contributed by atoms with Crippen LogP contribution in [-0.2, 0) is 19.2 Å². The number of rotatable bonds is 9. The summed E-state index contributed by atoms with van der Waals surface area (Å²) in [6.45, 7) is 7.38. The summed E-state index contributed by atoms with van der Waals surface area (Å²) in [7, 11) is 0. The van der Waals surface area contributed by atoms with Gasteiger partial charge in [0.25, 0.3) is 0 Å². The van der Waals surface area contributed by atoms with Crippen LogP contribution < -0.4 is 0 Å². The maximum Gasteiger partial charge on any atom is 0.403 e. The average Bonchev–Trinajstić information content (AvgIpc) is 2.25. The van der Waals surface area contributed by atoms with Gasteiger partial charge >= 0.3 is 10.9 Å². The highest BCUT2D eigenvalue weighted by Crippen LogP contribution is 2.22. The van der Waals surface area contributed by atoms with Crippen molar-refractivity contribution in [1.29, 1.82) is 0 Å². The Morgan fingerprint density at radius 2 is 1.10 bits per heavy atom. The van der Waals surface area contributed by atoms with Crippen molar-refractivity contribution in [2.24, 2.45) is 0 Å². The molecule has 0 saturated heterocycles. The Labute approximate surface area is 128 Å². The predicted molar refractivity (Wildman–Crippen MR) is 74.0 cm³/mol. The van der Waals surface area contributed by atoms with E-state index in [1.165, 1.54) is 0 Å². The number of hydrogen-bond donors (Lipinski definition) is 0. The van der Waals surface area contributed by atoms with E-state index in [-0.39, 0.29) is 13.2 Å². The Balaban J connectivity index is 4.02. The fourth-order valence-electron chi connectivity index (χ4n) is 1.06. The summed E-state index contributed by atoms with van der Waals surface area (Å²) in [6, 6.07) is 0. The van der Waals surface area contributed by atoms with Gasteiger partial charge in [0.2, 0.25) is 0 Å². The molecule has 0 radical (unpaired) electrons.